The first-order valence-electron chi connectivity index (χ1n) is 7.84. The number of hydrogen-bond donors (Lipinski definition) is 1. The number of nitrogens with zero attached hydrogens (tertiary/aromatic N) is 2. The molecule has 2 atom stereocenters. The minimum absolute atomic E-state index is 0.149. The number of aromatic nitrogens is 1. The van der Waals surface area contributed by atoms with Crippen molar-refractivity contribution in [2.45, 2.75) is 32.7 Å². The second kappa shape index (κ2) is 8.26. The van der Waals surface area contributed by atoms with Gasteiger partial charge in [-0.05, 0) is 45.4 Å². The number of anilines is 1. The van der Waals surface area contributed by atoms with Gasteiger partial charge in [-0.2, -0.15) is 0 Å². The normalized spacial score (nSPS) is 19.9. The number of likely N-dealkylation sites (tertiary alicyclic amines) is 1. The number of halogens is 1. The van der Waals surface area contributed by atoms with Crippen molar-refractivity contribution in [2.24, 2.45) is 5.92 Å². The number of ether oxygens (including phenoxy) is 1. The third kappa shape index (κ3) is 4.91. The maximum atomic E-state index is 12.4. The summed E-state index contributed by atoms with van der Waals surface area (Å²) in [5.41, 5.74) is 0. The molecule has 6 nitrogen and oxygen atoms in total. The molecule has 23 heavy (non-hydrogen) atoms. The predicted molar refractivity (Wildman–Crippen MR) is 88.3 cm³/mol. The van der Waals surface area contributed by atoms with Gasteiger partial charge in [-0.1, -0.05) is 11.6 Å². The first-order valence-corrected chi connectivity index (χ1v) is 8.22. The fourth-order valence-electron chi connectivity index (χ4n) is 2.66. The smallest absolute Gasteiger partial charge is 0.310 e. The molecule has 2 heterocycles. The van der Waals surface area contributed by atoms with Crippen LogP contribution in [0.4, 0.5) is 5.82 Å². The fraction of sp³-hybridized carbons (Fsp3) is 0.562. The van der Waals surface area contributed by atoms with E-state index in [0.29, 0.717) is 24.0 Å². The summed E-state index contributed by atoms with van der Waals surface area (Å²) in [7, 11) is 0. The molecule has 1 aliphatic rings. The van der Waals surface area contributed by atoms with E-state index >= 15 is 0 Å². The summed E-state index contributed by atoms with van der Waals surface area (Å²) in [5, 5.41) is 3.29. The van der Waals surface area contributed by atoms with Crippen molar-refractivity contribution >= 4 is 29.3 Å². The molecule has 126 valence electrons. The standard InChI is InChI=1S/C16H22ClN3O3/c1-3-23-16(22)12-5-4-8-20(10-12)11(2)15(21)19-14-7-6-13(17)9-18-14/h6-7,9,11-12H,3-5,8,10H2,1-2H3,(H,18,19,21)/t11-,12-/m0/s1. The Balaban J connectivity index is 1.93. The molecule has 1 saturated heterocycles. The Morgan fingerprint density at radius 1 is 1.52 bits per heavy atom. The van der Waals surface area contributed by atoms with Crippen LogP contribution in [0.25, 0.3) is 0 Å². The van der Waals surface area contributed by atoms with Crippen LogP contribution in [0.3, 0.4) is 0 Å². The van der Waals surface area contributed by atoms with Gasteiger partial charge < -0.3 is 10.1 Å². The number of amides is 1. The average Bonchev–Trinajstić information content (AvgIpc) is 2.56. The Hall–Kier alpha value is -1.66. The SMILES string of the molecule is CCOC(=O)[C@H]1CCCN([C@@H](C)C(=O)Nc2ccc(Cl)cn2)C1. The van der Waals surface area contributed by atoms with Crippen LogP contribution in [-0.2, 0) is 14.3 Å². The third-order valence-electron chi connectivity index (χ3n) is 3.98. The number of carbonyl (C=O) groups is 2. The lowest BCUT2D eigenvalue weighted by Crippen LogP contribution is -2.48. The molecule has 1 N–H and O–H groups in total. The highest BCUT2D eigenvalue weighted by Crippen LogP contribution is 2.20. The van der Waals surface area contributed by atoms with Crippen LogP contribution in [0.5, 0.6) is 0 Å². The van der Waals surface area contributed by atoms with Gasteiger partial charge in [-0.15, -0.1) is 0 Å². The van der Waals surface area contributed by atoms with Crippen molar-refractivity contribution in [1.82, 2.24) is 9.88 Å². The maximum absolute atomic E-state index is 12.4. The number of pyridine rings is 1. The first kappa shape index (κ1) is 17.7. The highest BCUT2D eigenvalue weighted by molar-refractivity contribution is 6.30. The summed E-state index contributed by atoms with van der Waals surface area (Å²) in [5.74, 6) is -0.0219. The van der Waals surface area contributed by atoms with Gasteiger partial charge in [0.2, 0.25) is 5.91 Å². The van der Waals surface area contributed by atoms with E-state index in [1.165, 1.54) is 6.20 Å². The average molecular weight is 340 g/mol. The van der Waals surface area contributed by atoms with E-state index < -0.39 is 0 Å². The largest absolute Gasteiger partial charge is 0.466 e. The van der Waals surface area contributed by atoms with E-state index in [9.17, 15) is 9.59 Å². The molecule has 1 amide bonds. The molecule has 0 aromatic carbocycles. The van der Waals surface area contributed by atoms with Gasteiger partial charge in [0.15, 0.2) is 0 Å². The van der Waals surface area contributed by atoms with Crippen LogP contribution >= 0.6 is 11.6 Å². The minimum Gasteiger partial charge on any atom is -0.466 e. The predicted octanol–water partition coefficient (Wildman–Crippen LogP) is 2.34. The number of hydrogen-bond acceptors (Lipinski definition) is 5. The number of carbonyl (C=O) groups excluding carboxylic acids is 2. The van der Waals surface area contributed by atoms with Crippen molar-refractivity contribution < 1.29 is 14.3 Å². The molecule has 0 spiro atoms. The van der Waals surface area contributed by atoms with Crippen LogP contribution < -0.4 is 5.32 Å². The summed E-state index contributed by atoms with van der Waals surface area (Å²) in [6, 6.07) is 2.99. The zero-order chi connectivity index (χ0) is 16.8. The Morgan fingerprint density at radius 3 is 2.96 bits per heavy atom. The van der Waals surface area contributed by atoms with Gasteiger partial charge in [-0.25, -0.2) is 4.98 Å². The summed E-state index contributed by atoms with van der Waals surface area (Å²) >= 11 is 5.78. The van der Waals surface area contributed by atoms with E-state index in [4.69, 9.17) is 16.3 Å². The van der Waals surface area contributed by atoms with Gasteiger partial charge >= 0.3 is 5.97 Å². The Morgan fingerprint density at radius 2 is 2.30 bits per heavy atom. The van der Waals surface area contributed by atoms with Gasteiger partial charge in [0, 0.05) is 12.7 Å². The topological polar surface area (TPSA) is 71.5 Å². The second-order valence-electron chi connectivity index (χ2n) is 5.61. The quantitative estimate of drug-likeness (QED) is 0.834. The van der Waals surface area contributed by atoms with Crippen LogP contribution in [0.15, 0.2) is 18.3 Å². The summed E-state index contributed by atoms with van der Waals surface area (Å²) in [6.07, 6.45) is 3.17. The molecule has 0 aliphatic carbocycles. The van der Waals surface area contributed by atoms with E-state index in [1.807, 2.05) is 11.8 Å². The van der Waals surface area contributed by atoms with Crippen LogP contribution in [0, 0.1) is 5.92 Å². The Labute approximate surface area is 141 Å². The highest BCUT2D eigenvalue weighted by Gasteiger charge is 2.31. The number of esters is 1. The highest BCUT2D eigenvalue weighted by atomic mass is 35.5. The van der Waals surface area contributed by atoms with E-state index in [0.717, 1.165) is 19.4 Å². The van der Waals surface area contributed by atoms with Crippen molar-refractivity contribution in [2.75, 3.05) is 25.0 Å². The van der Waals surface area contributed by atoms with E-state index in [-0.39, 0.29) is 23.8 Å². The van der Waals surface area contributed by atoms with Gasteiger partial charge in [0.1, 0.15) is 5.82 Å². The number of piperidine rings is 1. The van der Waals surface area contributed by atoms with E-state index in [1.54, 1.807) is 19.1 Å². The molecule has 1 aromatic heterocycles. The van der Waals surface area contributed by atoms with Crippen molar-refractivity contribution in [3.63, 3.8) is 0 Å². The monoisotopic (exact) mass is 339 g/mol. The summed E-state index contributed by atoms with van der Waals surface area (Å²) in [4.78, 5) is 30.3. The van der Waals surface area contributed by atoms with Crippen molar-refractivity contribution in [1.29, 1.82) is 0 Å². The van der Waals surface area contributed by atoms with E-state index in [2.05, 4.69) is 10.3 Å². The van der Waals surface area contributed by atoms with Crippen LogP contribution in [-0.4, -0.2) is 47.5 Å². The lowest BCUT2D eigenvalue weighted by molar-refractivity contribution is -0.150. The Kier molecular flexibility index (Phi) is 6.36. The molecule has 1 aliphatic heterocycles. The molecule has 0 radical (unpaired) electrons. The third-order valence-corrected chi connectivity index (χ3v) is 4.20. The first-order chi connectivity index (χ1) is 11.0. The molecule has 0 saturated carbocycles. The summed E-state index contributed by atoms with van der Waals surface area (Å²) < 4.78 is 5.09. The molecular weight excluding hydrogens is 318 g/mol. The molecule has 1 fully saturated rings. The van der Waals surface area contributed by atoms with Crippen LogP contribution in [0.2, 0.25) is 5.02 Å². The molecule has 0 unspecified atom stereocenters. The van der Waals surface area contributed by atoms with Crippen LogP contribution in [0.1, 0.15) is 26.7 Å². The zero-order valence-electron chi connectivity index (χ0n) is 13.4. The lowest BCUT2D eigenvalue weighted by atomic mass is 9.97. The van der Waals surface area contributed by atoms with Gasteiger partial charge in [-0.3, -0.25) is 14.5 Å². The Bertz CT molecular complexity index is 550. The zero-order valence-corrected chi connectivity index (χ0v) is 14.2. The molecule has 1 aromatic rings. The molecule has 0 bridgehead atoms. The minimum atomic E-state index is -0.343. The summed E-state index contributed by atoms with van der Waals surface area (Å²) in [6.45, 7) is 5.35. The number of nitrogens with one attached hydrogen (secondary N) is 1. The second-order valence-corrected chi connectivity index (χ2v) is 6.05. The molecule has 2 rings (SSSR count). The van der Waals surface area contributed by atoms with Crippen molar-refractivity contribution in [3.05, 3.63) is 23.4 Å². The lowest BCUT2D eigenvalue weighted by Gasteiger charge is -2.34. The maximum Gasteiger partial charge on any atom is 0.310 e. The van der Waals surface area contributed by atoms with Crippen molar-refractivity contribution in [3.8, 4) is 0 Å². The molecule has 7 heteroatoms. The fourth-order valence-corrected chi connectivity index (χ4v) is 2.77. The van der Waals surface area contributed by atoms with Gasteiger partial charge in [0.05, 0.1) is 23.6 Å². The van der Waals surface area contributed by atoms with Gasteiger partial charge in [0.25, 0.3) is 0 Å². The number of rotatable bonds is 5. The molecular formula is C16H22ClN3O3.